The Balaban J connectivity index is 1.79. The molecule has 0 saturated heterocycles. The van der Waals surface area contributed by atoms with E-state index in [1.807, 2.05) is 30.3 Å². The average molecular weight is 323 g/mol. The van der Waals surface area contributed by atoms with Crippen molar-refractivity contribution < 1.29 is 9.90 Å². The minimum absolute atomic E-state index is 0.0646. The Labute approximate surface area is 138 Å². The van der Waals surface area contributed by atoms with Gasteiger partial charge in [-0.3, -0.25) is 9.59 Å². The first-order valence-corrected chi connectivity index (χ1v) is 7.62. The van der Waals surface area contributed by atoms with Crippen LogP contribution in [-0.2, 0) is 6.42 Å². The van der Waals surface area contributed by atoms with Gasteiger partial charge in [0, 0.05) is 0 Å². The molecule has 3 N–H and O–H groups in total. The van der Waals surface area contributed by atoms with Crippen molar-refractivity contribution >= 4 is 16.8 Å². The number of fused-ring (bicyclic) bond motifs is 1. The Morgan fingerprint density at radius 1 is 1.12 bits per heavy atom. The summed E-state index contributed by atoms with van der Waals surface area (Å²) in [5.41, 5.74) is 1.08. The third-order valence-corrected chi connectivity index (χ3v) is 3.71. The SMILES string of the molecule is O=C(N[C@H](CO)Cc1ccccc1)c1nc2ccccc2c(=O)[nH]1. The molecule has 0 radical (unpaired) electrons. The highest BCUT2D eigenvalue weighted by Crippen LogP contribution is 2.07. The third-order valence-electron chi connectivity index (χ3n) is 3.71. The second kappa shape index (κ2) is 7.06. The molecule has 6 heteroatoms. The van der Waals surface area contributed by atoms with Crippen LogP contribution in [0.15, 0.2) is 59.4 Å². The number of nitrogens with one attached hydrogen (secondary N) is 2. The van der Waals surface area contributed by atoms with Crippen molar-refractivity contribution in [2.75, 3.05) is 6.61 Å². The average Bonchev–Trinajstić information content (AvgIpc) is 2.62. The van der Waals surface area contributed by atoms with Crippen LogP contribution in [0.1, 0.15) is 16.2 Å². The van der Waals surface area contributed by atoms with Crippen LogP contribution >= 0.6 is 0 Å². The molecule has 24 heavy (non-hydrogen) atoms. The van der Waals surface area contributed by atoms with Crippen molar-refractivity contribution in [2.24, 2.45) is 0 Å². The molecule has 6 nitrogen and oxygen atoms in total. The van der Waals surface area contributed by atoms with E-state index >= 15 is 0 Å². The summed E-state index contributed by atoms with van der Waals surface area (Å²) in [5.74, 6) is -0.585. The number of carbonyl (C=O) groups excluding carboxylic acids is 1. The number of carbonyl (C=O) groups is 1. The molecule has 1 amide bonds. The Bertz CT molecular complexity index is 906. The number of aromatic nitrogens is 2. The largest absolute Gasteiger partial charge is 0.394 e. The molecular weight excluding hydrogens is 306 g/mol. The molecule has 0 spiro atoms. The summed E-state index contributed by atoms with van der Waals surface area (Å²) in [4.78, 5) is 31.0. The molecule has 0 unspecified atom stereocenters. The second-order valence-corrected chi connectivity index (χ2v) is 5.47. The van der Waals surface area contributed by atoms with Gasteiger partial charge in [-0.25, -0.2) is 4.98 Å². The minimum Gasteiger partial charge on any atom is -0.394 e. The van der Waals surface area contributed by atoms with Gasteiger partial charge >= 0.3 is 0 Å². The zero-order valence-corrected chi connectivity index (χ0v) is 12.9. The number of H-pyrrole nitrogens is 1. The van der Waals surface area contributed by atoms with Crippen molar-refractivity contribution in [1.82, 2.24) is 15.3 Å². The van der Waals surface area contributed by atoms with Gasteiger partial charge in [-0.1, -0.05) is 42.5 Å². The van der Waals surface area contributed by atoms with Crippen molar-refractivity contribution in [3.8, 4) is 0 Å². The number of aliphatic hydroxyl groups is 1. The molecule has 0 aliphatic carbocycles. The lowest BCUT2D eigenvalue weighted by Gasteiger charge is -2.16. The zero-order chi connectivity index (χ0) is 16.9. The summed E-state index contributed by atoms with van der Waals surface area (Å²) in [7, 11) is 0. The number of amides is 1. The van der Waals surface area contributed by atoms with Crippen LogP contribution in [0.25, 0.3) is 10.9 Å². The number of aliphatic hydroxyl groups excluding tert-OH is 1. The molecule has 0 aliphatic heterocycles. The van der Waals surface area contributed by atoms with Crippen LogP contribution in [0.2, 0.25) is 0 Å². The number of hydrogen-bond donors (Lipinski definition) is 3. The maximum Gasteiger partial charge on any atom is 0.287 e. The molecule has 0 saturated carbocycles. The summed E-state index contributed by atoms with van der Waals surface area (Å²) in [6.07, 6.45) is 0.487. The van der Waals surface area contributed by atoms with Crippen LogP contribution in [-0.4, -0.2) is 33.6 Å². The van der Waals surface area contributed by atoms with Crippen molar-refractivity contribution in [2.45, 2.75) is 12.5 Å². The Morgan fingerprint density at radius 3 is 2.58 bits per heavy atom. The van der Waals surface area contributed by atoms with Gasteiger partial charge in [-0.05, 0) is 24.1 Å². The van der Waals surface area contributed by atoms with Crippen molar-refractivity contribution in [3.63, 3.8) is 0 Å². The molecule has 1 atom stereocenters. The molecule has 3 rings (SSSR count). The number of benzene rings is 2. The van der Waals surface area contributed by atoms with Crippen LogP contribution in [0.5, 0.6) is 0 Å². The summed E-state index contributed by atoms with van der Waals surface area (Å²) in [6, 6.07) is 15.9. The highest BCUT2D eigenvalue weighted by atomic mass is 16.3. The fourth-order valence-electron chi connectivity index (χ4n) is 2.51. The summed E-state index contributed by atoms with van der Waals surface area (Å²) >= 11 is 0. The Morgan fingerprint density at radius 2 is 1.83 bits per heavy atom. The predicted octanol–water partition coefficient (Wildman–Crippen LogP) is 1.26. The lowest BCUT2D eigenvalue weighted by atomic mass is 10.1. The van der Waals surface area contributed by atoms with Gasteiger partial charge in [-0.15, -0.1) is 0 Å². The van der Waals surface area contributed by atoms with E-state index < -0.39 is 11.9 Å². The van der Waals surface area contributed by atoms with E-state index in [9.17, 15) is 14.7 Å². The first kappa shape index (κ1) is 15.9. The van der Waals surface area contributed by atoms with Crippen LogP contribution < -0.4 is 10.9 Å². The number of aromatic amines is 1. The lowest BCUT2D eigenvalue weighted by Crippen LogP contribution is -2.40. The van der Waals surface area contributed by atoms with Crippen molar-refractivity contribution in [3.05, 3.63) is 76.3 Å². The van der Waals surface area contributed by atoms with Crippen LogP contribution in [0.3, 0.4) is 0 Å². The molecule has 0 fully saturated rings. The smallest absolute Gasteiger partial charge is 0.287 e. The topological polar surface area (TPSA) is 95.1 Å². The van der Waals surface area contributed by atoms with Gasteiger partial charge < -0.3 is 15.4 Å². The van der Waals surface area contributed by atoms with Crippen LogP contribution in [0, 0.1) is 0 Å². The van der Waals surface area contributed by atoms with E-state index in [4.69, 9.17) is 0 Å². The molecule has 122 valence electrons. The van der Waals surface area contributed by atoms with E-state index in [2.05, 4.69) is 15.3 Å². The van der Waals surface area contributed by atoms with E-state index in [0.717, 1.165) is 5.56 Å². The quantitative estimate of drug-likeness (QED) is 0.659. The summed E-state index contributed by atoms with van der Waals surface area (Å²) < 4.78 is 0. The fourth-order valence-corrected chi connectivity index (χ4v) is 2.51. The highest BCUT2D eigenvalue weighted by Gasteiger charge is 2.16. The first-order chi connectivity index (χ1) is 11.7. The van der Waals surface area contributed by atoms with E-state index in [1.165, 1.54) is 0 Å². The minimum atomic E-state index is -0.521. The summed E-state index contributed by atoms with van der Waals surface area (Å²) in [5, 5.41) is 12.6. The van der Waals surface area contributed by atoms with Gasteiger partial charge in [0.2, 0.25) is 0 Å². The number of nitrogens with zero attached hydrogens (tertiary/aromatic N) is 1. The Hall–Kier alpha value is -2.99. The van der Waals surface area contributed by atoms with E-state index in [-0.39, 0.29) is 18.0 Å². The maximum absolute atomic E-state index is 12.3. The van der Waals surface area contributed by atoms with Crippen molar-refractivity contribution in [1.29, 1.82) is 0 Å². The number of para-hydroxylation sites is 1. The normalized spacial score (nSPS) is 12.0. The molecule has 0 aliphatic rings. The van der Waals surface area contributed by atoms with Gasteiger partial charge in [0.1, 0.15) is 0 Å². The monoisotopic (exact) mass is 323 g/mol. The molecular formula is C18H17N3O3. The molecule has 1 aromatic heterocycles. The fraction of sp³-hybridized carbons (Fsp3) is 0.167. The Kier molecular flexibility index (Phi) is 4.67. The molecule has 1 heterocycles. The van der Waals surface area contributed by atoms with E-state index in [1.54, 1.807) is 24.3 Å². The van der Waals surface area contributed by atoms with Gasteiger partial charge in [0.05, 0.1) is 23.6 Å². The highest BCUT2D eigenvalue weighted by molar-refractivity contribution is 5.92. The predicted molar refractivity (Wildman–Crippen MR) is 90.8 cm³/mol. The first-order valence-electron chi connectivity index (χ1n) is 7.62. The van der Waals surface area contributed by atoms with Gasteiger partial charge in [0.15, 0.2) is 5.82 Å². The third kappa shape index (κ3) is 3.49. The molecule has 2 aromatic carbocycles. The second-order valence-electron chi connectivity index (χ2n) is 5.47. The molecule has 3 aromatic rings. The van der Waals surface area contributed by atoms with Gasteiger partial charge in [-0.2, -0.15) is 0 Å². The maximum atomic E-state index is 12.3. The standard InChI is InChI=1S/C18H17N3O3/c22-11-13(10-12-6-2-1-3-7-12)19-18(24)16-20-15-9-5-4-8-14(15)17(23)21-16/h1-9,13,22H,10-11H2,(H,19,24)(H,20,21,23)/t13-/m0/s1. The summed E-state index contributed by atoms with van der Waals surface area (Å²) in [6.45, 7) is -0.210. The number of rotatable bonds is 5. The molecule has 0 bridgehead atoms. The van der Waals surface area contributed by atoms with E-state index in [0.29, 0.717) is 17.3 Å². The van der Waals surface area contributed by atoms with Gasteiger partial charge in [0.25, 0.3) is 11.5 Å². The zero-order valence-electron chi connectivity index (χ0n) is 12.9. The number of hydrogen-bond acceptors (Lipinski definition) is 4. The lowest BCUT2D eigenvalue weighted by molar-refractivity contribution is 0.0906. The van der Waals surface area contributed by atoms with Crippen LogP contribution in [0.4, 0.5) is 0 Å².